The van der Waals surface area contributed by atoms with E-state index < -0.39 is 29.3 Å². The van der Waals surface area contributed by atoms with Gasteiger partial charge in [0.15, 0.2) is 17.5 Å². The van der Waals surface area contributed by atoms with Crippen molar-refractivity contribution in [3.8, 4) is 0 Å². The van der Waals surface area contributed by atoms with E-state index in [2.05, 4.69) is 15.9 Å². The van der Waals surface area contributed by atoms with Gasteiger partial charge >= 0.3 is 0 Å². The first-order chi connectivity index (χ1) is 8.91. The molecule has 2 rings (SSSR count). The van der Waals surface area contributed by atoms with Crippen LogP contribution in [-0.4, -0.2) is 0 Å². The molecule has 0 amide bonds. The maximum Gasteiger partial charge on any atom is 0.194 e. The summed E-state index contributed by atoms with van der Waals surface area (Å²) in [7, 11) is 0. The fourth-order valence-corrected chi connectivity index (χ4v) is 2.08. The zero-order valence-corrected chi connectivity index (χ0v) is 11.0. The summed E-state index contributed by atoms with van der Waals surface area (Å²) in [5.74, 6) is -4.92. The summed E-state index contributed by atoms with van der Waals surface area (Å²) in [5, 5.41) is 0. The Bertz CT molecular complexity index is 607. The molecule has 1 nitrogen and oxygen atoms in total. The number of nitrogens with two attached hydrogens (primary N) is 1. The van der Waals surface area contributed by atoms with Crippen LogP contribution in [0.25, 0.3) is 0 Å². The average molecular weight is 334 g/mol. The molecule has 0 saturated carbocycles. The Morgan fingerprint density at radius 1 is 0.947 bits per heavy atom. The molecular weight excluding hydrogens is 326 g/mol. The van der Waals surface area contributed by atoms with Gasteiger partial charge in [-0.1, -0.05) is 12.1 Å². The lowest BCUT2D eigenvalue weighted by Gasteiger charge is -2.14. The van der Waals surface area contributed by atoms with Gasteiger partial charge in [0, 0.05) is 5.56 Å². The van der Waals surface area contributed by atoms with Gasteiger partial charge in [-0.05, 0) is 39.7 Å². The molecule has 2 aromatic carbocycles. The lowest BCUT2D eigenvalue weighted by Crippen LogP contribution is -2.15. The van der Waals surface area contributed by atoms with E-state index in [1.54, 1.807) is 6.07 Å². The molecule has 0 radical (unpaired) electrons. The third kappa shape index (κ3) is 2.64. The van der Waals surface area contributed by atoms with Gasteiger partial charge in [0.2, 0.25) is 0 Å². The van der Waals surface area contributed by atoms with Crippen molar-refractivity contribution in [1.82, 2.24) is 0 Å². The van der Waals surface area contributed by atoms with Gasteiger partial charge in [-0.2, -0.15) is 0 Å². The van der Waals surface area contributed by atoms with E-state index in [9.17, 15) is 17.6 Å². The largest absolute Gasteiger partial charge is 0.320 e. The van der Waals surface area contributed by atoms with Crippen molar-refractivity contribution in [3.05, 3.63) is 69.2 Å². The molecule has 19 heavy (non-hydrogen) atoms. The van der Waals surface area contributed by atoms with Crippen LogP contribution in [0.2, 0.25) is 0 Å². The second-order valence-corrected chi connectivity index (χ2v) is 4.77. The molecule has 1 atom stereocenters. The number of rotatable bonds is 2. The van der Waals surface area contributed by atoms with Crippen molar-refractivity contribution in [3.63, 3.8) is 0 Å². The van der Waals surface area contributed by atoms with E-state index >= 15 is 0 Å². The molecule has 2 N–H and O–H groups in total. The normalized spacial score (nSPS) is 12.5. The van der Waals surface area contributed by atoms with Crippen molar-refractivity contribution in [2.45, 2.75) is 6.04 Å². The second-order valence-electron chi connectivity index (χ2n) is 3.92. The molecule has 0 aliphatic carbocycles. The molecule has 0 saturated heterocycles. The Labute approximate surface area is 115 Å². The lowest BCUT2D eigenvalue weighted by molar-refractivity contribution is 0.444. The SMILES string of the molecule is NC(c1cc(F)c(F)c(F)c1)c1cccc(Br)c1F. The summed E-state index contributed by atoms with van der Waals surface area (Å²) in [4.78, 5) is 0. The van der Waals surface area contributed by atoms with Crippen molar-refractivity contribution < 1.29 is 17.6 Å². The van der Waals surface area contributed by atoms with E-state index in [1.165, 1.54) is 12.1 Å². The van der Waals surface area contributed by atoms with Gasteiger partial charge in [0.05, 0.1) is 10.5 Å². The highest BCUT2D eigenvalue weighted by atomic mass is 79.9. The quantitative estimate of drug-likeness (QED) is 0.651. The van der Waals surface area contributed by atoms with E-state index in [0.29, 0.717) is 0 Å². The molecule has 0 fully saturated rings. The molecule has 1 unspecified atom stereocenters. The molecule has 0 aliphatic heterocycles. The monoisotopic (exact) mass is 333 g/mol. The number of halogens is 5. The molecule has 100 valence electrons. The Balaban J connectivity index is 2.50. The molecule has 0 spiro atoms. The lowest BCUT2D eigenvalue weighted by atomic mass is 9.99. The van der Waals surface area contributed by atoms with Gasteiger partial charge < -0.3 is 5.73 Å². The summed E-state index contributed by atoms with van der Waals surface area (Å²) < 4.78 is 53.1. The van der Waals surface area contributed by atoms with Crippen LogP contribution in [0, 0.1) is 23.3 Å². The van der Waals surface area contributed by atoms with Crippen molar-refractivity contribution in [1.29, 1.82) is 0 Å². The van der Waals surface area contributed by atoms with Crippen LogP contribution in [0.3, 0.4) is 0 Å². The van der Waals surface area contributed by atoms with Crippen LogP contribution in [0.1, 0.15) is 17.2 Å². The van der Waals surface area contributed by atoms with Crippen LogP contribution in [0.5, 0.6) is 0 Å². The van der Waals surface area contributed by atoms with E-state index in [-0.39, 0.29) is 15.6 Å². The first-order valence-electron chi connectivity index (χ1n) is 5.25. The summed E-state index contributed by atoms with van der Waals surface area (Å²) >= 11 is 2.99. The minimum Gasteiger partial charge on any atom is -0.320 e. The highest BCUT2D eigenvalue weighted by molar-refractivity contribution is 9.10. The Hall–Kier alpha value is -1.40. The van der Waals surface area contributed by atoms with Gasteiger partial charge in [-0.15, -0.1) is 0 Å². The molecule has 6 heteroatoms. The van der Waals surface area contributed by atoms with Crippen molar-refractivity contribution >= 4 is 15.9 Å². The maximum atomic E-state index is 13.8. The molecule has 0 heterocycles. The molecule has 0 bridgehead atoms. The summed E-state index contributed by atoms with van der Waals surface area (Å²) in [6.07, 6.45) is 0. The van der Waals surface area contributed by atoms with Crippen molar-refractivity contribution in [2.75, 3.05) is 0 Å². The first-order valence-corrected chi connectivity index (χ1v) is 6.05. The second kappa shape index (κ2) is 5.30. The summed E-state index contributed by atoms with van der Waals surface area (Å²) in [5.41, 5.74) is 5.76. The van der Waals surface area contributed by atoms with Crippen molar-refractivity contribution in [2.24, 2.45) is 5.73 Å². The van der Waals surface area contributed by atoms with Gasteiger partial charge in [-0.3, -0.25) is 0 Å². The topological polar surface area (TPSA) is 26.0 Å². The number of benzene rings is 2. The Morgan fingerprint density at radius 3 is 2.11 bits per heavy atom. The molecule has 2 aromatic rings. The molecule has 0 aromatic heterocycles. The smallest absolute Gasteiger partial charge is 0.194 e. The fraction of sp³-hybridized carbons (Fsp3) is 0.0769. The van der Waals surface area contributed by atoms with E-state index in [4.69, 9.17) is 5.73 Å². The third-order valence-electron chi connectivity index (χ3n) is 2.68. The Kier molecular flexibility index (Phi) is 3.91. The maximum absolute atomic E-state index is 13.8. The predicted octanol–water partition coefficient (Wildman–Crippen LogP) is 4.05. The highest BCUT2D eigenvalue weighted by Crippen LogP contribution is 2.28. The minimum absolute atomic E-state index is 0.0478. The van der Waals surface area contributed by atoms with Crippen LogP contribution in [0.15, 0.2) is 34.8 Å². The summed E-state index contributed by atoms with van der Waals surface area (Å²) in [6.45, 7) is 0. The third-order valence-corrected chi connectivity index (χ3v) is 3.29. The van der Waals surface area contributed by atoms with Gasteiger partial charge in [0.1, 0.15) is 5.82 Å². The summed E-state index contributed by atoms with van der Waals surface area (Å²) in [6, 6.07) is 4.81. The van der Waals surface area contributed by atoms with Crippen LogP contribution < -0.4 is 5.73 Å². The van der Waals surface area contributed by atoms with Gasteiger partial charge in [-0.25, -0.2) is 17.6 Å². The predicted molar refractivity (Wildman–Crippen MR) is 66.4 cm³/mol. The minimum atomic E-state index is -1.58. The number of hydrogen-bond donors (Lipinski definition) is 1. The van der Waals surface area contributed by atoms with Crippen LogP contribution >= 0.6 is 15.9 Å². The van der Waals surface area contributed by atoms with Gasteiger partial charge in [0.25, 0.3) is 0 Å². The van der Waals surface area contributed by atoms with Crippen LogP contribution in [-0.2, 0) is 0 Å². The zero-order chi connectivity index (χ0) is 14.2. The Morgan fingerprint density at radius 2 is 1.53 bits per heavy atom. The number of hydrogen-bond acceptors (Lipinski definition) is 1. The zero-order valence-electron chi connectivity index (χ0n) is 9.43. The molecular formula is C13H8BrF4N. The first kappa shape index (κ1) is 14.0. The highest BCUT2D eigenvalue weighted by Gasteiger charge is 2.19. The molecule has 0 aliphatic rings. The van der Waals surface area contributed by atoms with E-state index in [1.807, 2.05) is 0 Å². The standard InChI is InChI=1S/C13H8BrF4N/c14-8-3-1-2-7(11(8)17)13(19)6-4-9(15)12(18)10(16)5-6/h1-5,13H,19H2. The van der Waals surface area contributed by atoms with Crippen LogP contribution in [0.4, 0.5) is 17.6 Å². The van der Waals surface area contributed by atoms with E-state index in [0.717, 1.165) is 12.1 Å². The fourth-order valence-electron chi connectivity index (χ4n) is 1.69. The average Bonchev–Trinajstić information content (AvgIpc) is 2.38.